The summed E-state index contributed by atoms with van der Waals surface area (Å²) in [5.74, 6) is 0.804. The number of H-pyrrole nitrogens is 1. The molecule has 0 bridgehead atoms. The summed E-state index contributed by atoms with van der Waals surface area (Å²) in [7, 11) is 0. The van der Waals surface area contributed by atoms with Crippen LogP contribution in [0.25, 0.3) is 0 Å². The van der Waals surface area contributed by atoms with Gasteiger partial charge < -0.3 is 10.1 Å². The van der Waals surface area contributed by atoms with Crippen molar-refractivity contribution in [2.45, 2.75) is 25.6 Å². The fourth-order valence-electron chi connectivity index (χ4n) is 1.46. The van der Waals surface area contributed by atoms with E-state index in [2.05, 4.69) is 20.5 Å². The number of hydrogen-bond acceptors (Lipinski definition) is 4. The Bertz CT molecular complexity index is 230. The third-order valence-corrected chi connectivity index (χ3v) is 2.21. The minimum absolute atomic E-state index is 0.381. The lowest BCUT2D eigenvalue weighted by atomic mass is 10.1. The first-order valence-corrected chi connectivity index (χ1v) is 4.62. The number of rotatable bonds is 3. The molecule has 2 N–H and O–H groups in total. The number of nitrogens with one attached hydrogen (secondary N) is 2. The Labute approximate surface area is 76.9 Å². The second-order valence-electron chi connectivity index (χ2n) is 3.19. The number of aromatic amines is 1. The Kier molecular flexibility index (Phi) is 2.89. The largest absolute Gasteiger partial charge is 0.370 e. The minimum atomic E-state index is 0.381. The van der Waals surface area contributed by atoms with E-state index in [1.165, 1.54) is 6.33 Å². The van der Waals surface area contributed by atoms with Crippen molar-refractivity contribution in [1.29, 1.82) is 0 Å². The van der Waals surface area contributed by atoms with E-state index in [-0.39, 0.29) is 0 Å². The van der Waals surface area contributed by atoms with E-state index in [0.29, 0.717) is 12.7 Å². The number of nitrogens with zero attached hydrogens (tertiary/aromatic N) is 2. The summed E-state index contributed by atoms with van der Waals surface area (Å²) in [6.07, 6.45) is 4.06. The van der Waals surface area contributed by atoms with E-state index in [1.54, 1.807) is 0 Å². The molecular formula is C8H14N4O. The number of ether oxygens (including phenoxy) is 1. The molecule has 72 valence electrons. The summed E-state index contributed by atoms with van der Waals surface area (Å²) in [6, 6.07) is 0. The Morgan fingerprint density at radius 3 is 3.00 bits per heavy atom. The molecule has 2 heterocycles. The predicted octanol–water partition coefficient (Wildman–Crippen LogP) is 0.0733. The minimum Gasteiger partial charge on any atom is -0.370 e. The lowest BCUT2D eigenvalue weighted by molar-refractivity contribution is 0.0179. The summed E-state index contributed by atoms with van der Waals surface area (Å²) in [4.78, 5) is 3.99. The Balaban J connectivity index is 1.72. The van der Waals surface area contributed by atoms with Crippen LogP contribution in [0.5, 0.6) is 0 Å². The van der Waals surface area contributed by atoms with Gasteiger partial charge in [-0.15, -0.1) is 0 Å². The Morgan fingerprint density at radius 2 is 2.31 bits per heavy atom. The predicted molar refractivity (Wildman–Crippen MR) is 47.1 cm³/mol. The van der Waals surface area contributed by atoms with Gasteiger partial charge in [0.15, 0.2) is 0 Å². The third kappa shape index (κ3) is 2.50. The van der Waals surface area contributed by atoms with Gasteiger partial charge in [-0.25, -0.2) is 4.98 Å². The average molecular weight is 182 g/mol. The molecule has 1 aliphatic rings. The zero-order valence-electron chi connectivity index (χ0n) is 7.49. The van der Waals surface area contributed by atoms with Gasteiger partial charge >= 0.3 is 0 Å². The van der Waals surface area contributed by atoms with E-state index in [1.807, 2.05) is 0 Å². The quantitative estimate of drug-likeness (QED) is 0.694. The van der Waals surface area contributed by atoms with Crippen LogP contribution in [0.15, 0.2) is 6.33 Å². The summed E-state index contributed by atoms with van der Waals surface area (Å²) < 4.78 is 5.65. The summed E-state index contributed by atoms with van der Waals surface area (Å²) >= 11 is 0. The first-order chi connectivity index (χ1) is 6.45. The molecule has 0 saturated carbocycles. The van der Waals surface area contributed by atoms with Crippen LogP contribution in [-0.4, -0.2) is 34.4 Å². The van der Waals surface area contributed by atoms with Crippen LogP contribution in [0.3, 0.4) is 0 Å². The van der Waals surface area contributed by atoms with Crippen molar-refractivity contribution < 1.29 is 4.74 Å². The smallest absolute Gasteiger partial charge is 0.150 e. The second-order valence-corrected chi connectivity index (χ2v) is 3.19. The van der Waals surface area contributed by atoms with E-state index in [4.69, 9.17) is 4.74 Å². The topological polar surface area (TPSA) is 62.8 Å². The molecule has 0 unspecified atom stereocenters. The van der Waals surface area contributed by atoms with Crippen molar-refractivity contribution in [1.82, 2.24) is 20.5 Å². The van der Waals surface area contributed by atoms with Crippen molar-refractivity contribution >= 4 is 0 Å². The normalized spacial score (nSPS) is 19.1. The average Bonchev–Trinajstić information content (AvgIpc) is 2.69. The summed E-state index contributed by atoms with van der Waals surface area (Å²) in [5, 5.41) is 9.82. The molecule has 1 aromatic rings. The highest BCUT2D eigenvalue weighted by Crippen LogP contribution is 2.08. The maximum Gasteiger partial charge on any atom is 0.150 e. The molecule has 0 radical (unpaired) electrons. The van der Waals surface area contributed by atoms with E-state index < -0.39 is 0 Å². The van der Waals surface area contributed by atoms with Crippen LogP contribution in [-0.2, 0) is 11.3 Å². The highest BCUT2D eigenvalue weighted by atomic mass is 16.5. The molecule has 5 nitrogen and oxygen atoms in total. The molecule has 2 rings (SSSR count). The van der Waals surface area contributed by atoms with Gasteiger partial charge in [-0.05, 0) is 25.9 Å². The molecular weight excluding hydrogens is 168 g/mol. The summed E-state index contributed by atoms with van der Waals surface area (Å²) in [6.45, 7) is 2.66. The van der Waals surface area contributed by atoms with E-state index in [9.17, 15) is 0 Å². The standard InChI is InChI=1S/C8H14N4O/c1-3-9-4-2-7(1)13-5-8-10-6-11-12-8/h6-7,9H,1-5H2,(H,10,11,12). The fourth-order valence-corrected chi connectivity index (χ4v) is 1.46. The number of hydrogen-bond donors (Lipinski definition) is 2. The molecule has 0 amide bonds. The van der Waals surface area contributed by atoms with Crippen LogP contribution in [0.2, 0.25) is 0 Å². The Hall–Kier alpha value is -0.940. The lowest BCUT2D eigenvalue weighted by Gasteiger charge is -2.22. The SMILES string of the molecule is c1n[nH]c(COC2CCNCC2)n1. The molecule has 1 aromatic heterocycles. The zero-order valence-corrected chi connectivity index (χ0v) is 7.49. The highest BCUT2D eigenvalue weighted by molar-refractivity contribution is 4.77. The molecule has 0 aromatic carbocycles. The molecule has 1 fully saturated rings. The molecule has 0 aliphatic carbocycles. The molecule has 13 heavy (non-hydrogen) atoms. The van der Waals surface area contributed by atoms with Crippen LogP contribution in [0.1, 0.15) is 18.7 Å². The number of aromatic nitrogens is 3. The van der Waals surface area contributed by atoms with Crippen LogP contribution >= 0.6 is 0 Å². The van der Waals surface area contributed by atoms with Crippen molar-refractivity contribution in [2.75, 3.05) is 13.1 Å². The van der Waals surface area contributed by atoms with Crippen LogP contribution in [0.4, 0.5) is 0 Å². The lowest BCUT2D eigenvalue weighted by Crippen LogP contribution is -2.32. The molecule has 1 saturated heterocycles. The van der Waals surface area contributed by atoms with Crippen LogP contribution in [0, 0.1) is 0 Å². The van der Waals surface area contributed by atoms with E-state index >= 15 is 0 Å². The third-order valence-electron chi connectivity index (χ3n) is 2.21. The van der Waals surface area contributed by atoms with Crippen molar-refractivity contribution in [2.24, 2.45) is 0 Å². The van der Waals surface area contributed by atoms with Gasteiger partial charge in [0, 0.05) is 0 Å². The van der Waals surface area contributed by atoms with Gasteiger partial charge in [0.2, 0.25) is 0 Å². The van der Waals surface area contributed by atoms with Crippen LogP contribution < -0.4 is 5.32 Å². The molecule has 0 atom stereocenters. The van der Waals surface area contributed by atoms with Gasteiger partial charge in [-0.2, -0.15) is 5.10 Å². The van der Waals surface area contributed by atoms with Gasteiger partial charge in [-0.1, -0.05) is 0 Å². The van der Waals surface area contributed by atoms with Gasteiger partial charge in [0.05, 0.1) is 6.10 Å². The molecule has 5 heteroatoms. The zero-order chi connectivity index (χ0) is 8.93. The number of piperidine rings is 1. The monoisotopic (exact) mass is 182 g/mol. The molecule has 1 aliphatic heterocycles. The first kappa shape index (κ1) is 8.65. The van der Waals surface area contributed by atoms with E-state index in [0.717, 1.165) is 31.8 Å². The van der Waals surface area contributed by atoms with Gasteiger partial charge in [0.1, 0.15) is 18.8 Å². The van der Waals surface area contributed by atoms with Crippen molar-refractivity contribution in [3.05, 3.63) is 12.2 Å². The maximum absolute atomic E-state index is 5.65. The van der Waals surface area contributed by atoms with Crippen molar-refractivity contribution in [3.8, 4) is 0 Å². The summed E-state index contributed by atoms with van der Waals surface area (Å²) in [5.41, 5.74) is 0. The fraction of sp³-hybridized carbons (Fsp3) is 0.750. The maximum atomic E-state index is 5.65. The second kappa shape index (κ2) is 4.34. The Morgan fingerprint density at radius 1 is 1.46 bits per heavy atom. The van der Waals surface area contributed by atoms with Gasteiger partial charge in [0.25, 0.3) is 0 Å². The first-order valence-electron chi connectivity index (χ1n) is 4.62. The van der Waals surface area contributed by atoms with Crippen molar-refractivity contribution in [3.63, 3.8) is 0 Å². The highest BCUT2D eigenvalue weighted by Gasteiger charge is 2.13. The molecule has 0 spiro atoms. The van der Waals surface area contributed by atoms with Gasteiger partial charge in [-0.3, -0.25) is 5.10 Å².